The van der Waals surface area contributed by atoms with E-state index in [0.717, 1.165) is 0 Å². The second-order valence-electron chi connectivity index (χ2n) is 2.74. The monoisotopic (exact) mass is 208 g/mol. The molecule has 0 radical (unpaired) electrons. The molecule has 4 nitrogen and oxygen atoms in total. The predicted molar refractivity (Wildman–Crippen MR) is 53.6 cm³/mol. The van der Waals surface area contributed by atoms with Crippen LogP contribution >= 0.6 is 0 Å². The zero-order valence-corrected chi connectivity index (χ0v) is 8.22. The molecule has 1 aromatic carbocycles. The van der Waals surface area contributed by atoms with Gasteiger partial charge in [0, 0.05) is 0 Å². The Morgan fingerprint density at radius 2 is 1.93 bits per heavy atom. The zero-order chi connectivity index (χ0) is 10.9. The molecule has 0 atom stereocenters. The fourth-order valence-electron chi connectivity index (χ4n) is 0.982. The van der Waals surface area contributed by atoms with Crippen LogP contribution in [-0.2, 0) is 14.3 Å². The van der Waals surface area contributed by atoms with Gasteiger partial charge in [-0.15, -0.1) is 0 Å². The molecule has 0 unspecified atom stereocenters. The third-order valence-corrected chi connectivity index (χ3v) is 1.66. The molecular weight excluding hydrogens is 196 g/mol. The first-order valence-electron chi connectivity index (χ1n) is 4.58. The van der Waals surface area contributed by atoms with Gasteiger partial charge in [-0.2, -0.15) is 0 Å². The fourth-order valence-corrected chi connectivity index (χ4v) is 0.982. The number of benzene rings is 1. The number of hydrogen-bond donors (Lipinski definition) is 0. The number of aldehydes is 1. The summed E-state index contributed by atoms with van der Waals surface area (Å²) in [5.74, 6) is -0.384. The highest BCUT2D eigenvalue weighted by Crippen LogP contribution is 2.00. The van der Waals surface area contributed by atoms with Crippen molar-refractivity contribution in [2.45, 2.75) is 0 Å². The van der Waals surface area contributed by atoms with Gasteiger partial charge in [0.1, 0.15) is 19.5 Å². The maximum atomic E-state index is 11.3. The van der Waals surface area contributed by atoms with Crippen LogP contribution in [0.15, 0.2) is 30.3 Å². The maximum Gasteiger partial charge on any atom is 0.338 e. The molecule has 0 amide bonds. The van der Waals surface area contributed by atoms with Crippen LogP contribution in [0.25, 0.3) is 0 Å². The average molecular weight is 208 g/mol. The summed E-state index contributed by atoms with van der Waals surface area (Å²) in [5, 5.41) is 0. The molecule has 0 aromatic heterocycles. The molecule has 1 aromatic rings. The van der Waals surface area contributed by atoms with E-state index in [1.54, 1.807) is 24.3 Å². The molecule has 1 rings (SSSR count). The van der Waals surface area contributed by atoms with E-state index in [-0.39, 0.29) is 25.8 Å². The van der Waals surface area contributed by atoms with Crippen molar-refractivity contribution >= 4 is 12.3 Å². The van der Waals surface area contributed by atoms with Crippen molar-refractivity contribution in [1.29, 1.82) is 0 Å². The van der Waals surface area contributed by atoms with Crippen LogP contribution in [0.3, 0.4) is 0 Å². The molecule has 0 aliphatic heterocycles. The van der Waals surface area contributed by atoms with Crippen molar-refractivity contribution in [2.24, 2.45) is 0 Å². The second kappa shape index (κ2) is 6.73. The van der Waals surface area contributed by atoms with Crippen molar-refractivity contribution < 1.29 is 19.1 Å². The summed E-state index contributed by atoms with van der Waals surface area (Å²) >= 11 is 0. The molecule has 80 valence electrons. The second-order valence-corrected chi connectivity index (χ2v) is 2.74. The highest BCUT2D eigenvalue weighted by molar-refractivity contribution is 5.89. The first kappa shape index (κ1) is 11.4. The molecule has 0 saturated heterocycles. The van der Waals surface area contributed by atoms with Gasteiger partial charge in [-0.25, -0.2) is 4.79 Å². The SMILES string of the molecule is O=CCOCCOC(=O)c1ccccc1. The molecule has 0 saturated carbocycles. The highest BCUT2D eigenvalue weighted by atomic mass is 16.6. The van der Waals surface area contributed by atoms with Gasteiger partial charge in [0.05, 0.1) is 12.2 Å². The minimum absolute atomic E-state index is 0.0306. The minimum atomic E-state index is -0.384. The van der Waals surface area contributed by atoms with E-state index < -0.39 is 0 Å². The summed E-state index contributed by atoms with van der Waals surface area (Å²) < 4.78 is 9.72. The van der Waals surface area contributed by atoms with E-state index in [2.05, 4.69) is 0 Å². The highest BCUT2D eigenvalue weighted by Gasteiger charge is 2.04. The fraction of sp³-hybridized carbons (Fsp3) is 0.273. The van der Waals surface area contributed by atoms with Gasteiger partial charge in [-0.3, -0.25) is 0 Å². The summed E-state index contributed by atoms with van der Waals surface area (Å²) in [5.41, 5.74) is 0.507. The molecule has 0 aliphatic rings. The molecular formula is C11H12O4. The number of esters is 1. The first-order valence-corrected chi connectivity index (χ1v) is 4.58. The Morgan fingerprint density at radius 1 is 1.20 bits per heavy atom. The van der Waals surface area contributed by atoms with Crippen molar-refractivity contribution in [2.75, 3.05) is 19.8 Å². The average Bonchev–Trinajstić information content (AvgIpc) is 2.30. The molecule has 0 fully saturated rings. The lowest BCUT2D eigenvalue weighted by Gasteiger charge is -2.03. The first-order chi connectivity index (χ1) is 7.34. The number of rotatable bonds is 6. The predicted octanol–water partition coefficient (Wildman–Crippen LogP) is 1.06. The van der Waals surface area contributed by atoms with Crippen LogP contribution in [0.1, 0.15) is 10.4 Å². The third kappa shape index (κ3) is 4.37. The molecule has 0 bridgehead atoms. The van der Waals surface area contributed by atoms with E-state index in [1.807, 2.05) is 6.07 Å². The Labute approximate surface area is 87.8 Å². The van der Waals surface area contributed by atoms with Crippen LogP contribution in [-0.4, -0.2) is 32.1 Å². The topological polar surface area (TPSA) is 52.6 Å². The number of ether oxygens (including phenoxy) is 2. The van der Waals surface area contributed by atoms with Crippen LogP contribution in [0.5, 0.6) is 0 Å². The van der Waals surface area contributed by atoms with Gasteiger partial charge in [0.25, 0.3) is 0 Å². The lowest BCUT2D eigenvalue weighted by Crippen LogP contribution is -2.11. The zero-order valence-electron chi connectivity index (χ0n) is 8.22. The minimum Gasteiger partial charge on any atom is -0.460 e. The normalized spacial score (nSPS) is 9.60. The lowest BCUT2D eigenvalue weighted by molar-refractivity contribution is -0.112. The molecule has 0 heterocycles. The third-order valence-electron chi connectivity index (χ3n) is 1.66. The molecule has 0 spiro atoms. The quantitative estimate of drug-likeness (QED) is 0.398. The molecule has 0 aliphatic carbocycles. The summed E-state index contributed by atoms with van der Waals surface area (Å²) in [6.07, 6.45) is 0.652. The molecule has 0 N–H and O–H groups in total. The van der Waals surface area contributed by atoms with E-state index in [4.69, 9.17) is 9.47 Å². The van der Waals surface area contributed by atoms with Gasteiger partial charge in [0.2, 0.25) is 0 Å². The van der Waals surface area contributed by atoms with Crippen LogP contribution in [0.2, 0.25) is 0 Å². The van der Waals surface area contributed by atoms with Crippen molar-refractivity contribution in [3.05, 3.63) is 35.9 Å². The van der Waals surface area contributed by atoms with Crippen molar-refractivity contribution in [1.82, 2.24) is 0 Å². The van der Waals surface area contributed by atoms with Gasteiger partial charge >= 0.3 is 5.97 Å². The van der Waals surface area contributed by atoms with E-state index in [9.17, 15) is 9.59 Å². The number of hydrogen-bond acceptors (Lipinski definition) is 4. The van der Waals surface area contributed by atoms with Crippen molar-refractivity contribution in [3.8, 4) is 0 Å². The Bertz CT molecular complexity index is 308. The van der Waals surface area contributed by atoms with Gasteiger partial charge in [-0.05, 0) is 12.1 Å². The van der Waals surface area contributed by atoms with Crippen LogP contribution < -0.4 is 0 Å². The maximum absolute atomic E-state index is 11.3. The summed E-state index contributed by atoms with van der Waals surface area (Å²) in [4.78, 5) is 21.2. The van der Waals surface area contributed by atoms with Gasteiger partial charge < -0.3 is 14.3 Å². The Kier molecular flexibility index (Phi) is 5.11. The Balaban J connectivity index is 2.22. The van der Waals surface area contributed by atoms with E-state index >= 15 is 0 Å². The lowest BCUT2D eigenvalue weighted by atomic mass is 10.2. The summed E-state index contributed by atoms with van der Waals surface area (Å²) in [7, 11) is 0. The Morgan fingerprint density at radius 3 is 2.60 bits per heavy atom. The van der Waals surface area contributed by atoms with Crippen LogP contribution in [0, 0.1) is 0 Å². The number of carbonyl (C=O) groups excluding carboxylic acids is 2. The summed E-state index contributed by atoms with van der Waals surface area (Å²) in [6, 6.07) is 8.70. The molecule has 4 heteroatoms. The van der Waals surface area contributed by atoms with E-state index in [1.165, 1.54) is 0 Å². The van der Waals surface area contributed by atoms with E-state index in [0.29, 0.717) is 11.8 Å². The smallest absolute Gasteiger partial charge is 0.338 e. The van der Waals surface area contributed by atoms with Gasteiger partial charge in [0.15, 0.2) is 0 Å². The largest absolute Gasteiger partial charge is 0.460 e. The standard InChI is InChI=1S/C11H12O4/c12-6-7-14-8-9-15-11(13)10-4-2-1-3-5-10/h1-6H,7-9H2. The van der Waals surface area contributed by atoms with Crippen molar-refractivity contribution in [3.63, 3.8) is 0 Å². The number of carbonyl (C=O) groups is 2. The summed E-state index contributed by atoms with van der Waals surface area (Å²) in [6.45, 7) is 0.418. The van der Waals surface area contributed by atoms with Gasteiger partial charge in [-0.1, -0.05) is 18.2 Å². The molecule has 15 heavy (non-hydrogen) atoms. The van der Waals surface area contributed by atoms with Crippen LogP contribution in [0.4, 0.5) is 0 Å². The Hall–Kier alpha value is -1.68.